The summed E-state index contributed by atoms with van der Waals surface area (Å²) in [4.78, 5) is 27.5. The largest absolute Gasteiger partial charge is 0.496 e. The summed E-state index contributed by atoms with van der Waals surface area (Å²) in [5, 5.41) is 14.1. The molecule has 0 unspecified atom stereocenters. The molecule has 31 heavy (non-hydrogen) atoms. The van der Waals surface area contributed by atoms with E-state index in [2.05, 4.69) is 10.3 Å². The number of amides is 1. The van der Waals surface area contributed by atoms with Crippen molar-refractivity contribution in [3.05, 3.63) is 81.2 Å². The lowest BCUT2D eigenvalue weighted by atomic mass is 10.1. The fraction of sp³-hybridized carbons (Fsp3) is 0.0476. The van der Waals surface area contributed by atoms with E-state index in [0.717, 1.165) is 11.8 Å². The van der Waals surface area contributed by atoms with Gasteiger partial charge in [-0.25, -0.2) is 9.38 Å². The number of furan rings is 1. The van der Waals surface area contributed by atoms with Crippen molar-refractivity contribution in [1.82, 2.24) is 5.32 Å². The molecule has 1 aliphatic heterocycles. The number of carbonyl (C=O) groups excluding carboxylic acids is 1. The highest BCUT2D eigenvalue weighted by Crippen LogP contribution is 2.35. The summed E-state index contributed by atoms with van der Waals surface area (Å²) in [6.07, 6.45) is 1.54. The molecule has 2 heterocycles. The average Bonchev–Trinajstić information content (AvgIpc) is 3.36. The second kappa shape index (κ2) is 8.44. The smallest absolute Gasteiger partial charge is 0.270 e. The Bertz CT molecular complexity index is 1230. The van der Waals surface area contributed by atoms with E-state index in [-0.39, 0.29) is 17.4 Å². The van der Waals surface area contributed by atoms with Crippen LogP contribution in [0, 0.1) is 15.9 Å². The van der Waals surface area contributed by atoms with Gasteiger partial charge in [-0.2, -0.15) is 0 Å². The summed E-state index contributed by atoms with van der Waals surface area (Å²) in [6, 6.07) is 13.0. The van der Waals surface area contributed by atoms with Crippen molar-refractivity contribution in [2.45, 2.75) is 0 Å². The number of benzene rings is 2. The van der Waals surface area contributed by atoms with Crippen LogP contribution in [-0.2, 0) is 4.79 Å². The predicted octanol–water partition coefficient (Wildman–Crippen LogP) is 4.89. The first-order chi connectivity index (χ1) is 14.9. The van der Waals surface area contributed by atoms with E-state index in [9.17, 15) is 19.3 Å². The first-order valence-electron chi connectivity index (χ1n) is 8.91. The average molecular weight is 439 g/mol. The number of thioether (sulfide) groups is 1. The summed E-state index contributed by atoms with van der Waals surface area (Å²) in [7, 11) is 1.46. The minimum atomic E-state index is -0.504. The van der Waals surface area contributed by atoms with Crippen molar-refractivity contribution >= 4 is 40.3 Å². The molecule has 156 valence electrons. The molecule has 3 aromatic rings. The molecule has 1 amide bonds. The van der Waals surface area contributed by atoms with Crippen LogP contribution in [-0.4, -0.2) is 23.1 Å². The lowest BCUT2D eigenvalue weighted by Crippen LogP contribution is -2.19. The first-order valence-corrected chi connectivity index (χ1v) is 9.72. The Morgan fingerprint density at radius 2 is 1.97 bits per heavy atom. The molecule has 1 saturated heterocycles. The van der Waals surface area contributed by atoms with E-state index in [0.29, 0.717) is 38.6 Å². The van der Waals surface area contributed by atoms with Crippen molar-refractivity contribution in [1.29, 1.82) is 0 Å². The molecule has 0 spiro atoms. The van der Waals surface area contributed by atoms with Gasteiger partial charge < -0.3 is 14.5 Å². The van der Waals surface area contributed by atoms with Crippen LogP contribution in [0.1, 0.15) is 5.76 Å². The number of nitrogens with zero attached hydrogens (tertiary/aromatic N) is 2. The maximum absolute atomic E-state index is 13.0. The highest BCUT2D eigenvalue weighted by molar-refractivity contribution is 8.18. The van der Waals surface area contributed by atoms with Crippen LogP contribution in [0.3, 0.4) is 0 Å². The molecule has 8 nitrogen and oxygen atoms in total. The van der Waals surface area contributed by atoms with Crippen molar-refractivity contribution in [3.8, 4) is 17.1 Å². The molecule has 0 bridgehead atoms. The highest BCUT2D eigenvalue weighted by atomic mass is 32.2. The Hall–Kier alpha value is -3.92. The number of aliphatic imine (C=N–C) groups is 1. The molecule has 10 heteroatoms. The number of halogens is 1. The molecule has 4 rings (SSSR count). The van der Waals surface area contributed by atoms with Crippen LogP contribution in [0.4, 0.5) is 15.8 Å². The second-order valence-corrected chi connectivity index (χ2v) is 7.33. The fourth-order valence-electron chi connectivity index (χ4n) is 2.82. The van der Waals surface area contributed by atoms with E-state index in [1.165, 1.54) is 49.6 Å². The number of hydrogen-bond acceptors (Lipinski definition) is 7. The standard InChI is InChI=1S/C21H14FN3O5S/c1-29-17-8-6-14(25(27)28)10-16(17)18-9-7-15(30-18)11-19-20(26)24-21(31-19)23-13-4-2-12(22)3-5-13/h2-11H,1H3,(H,23,24,26)/b19-11+. The Morgan fingerprint density at radius 3 is 2.68 bits per heavy atom. The van der Waals surface area contributed by atoms with Gasteiger partial charge in [-0.05, 0) is 54.2 Å². The Labute approximate surface area is 179 Å². The molecular weight excluding hydrogens is 425 g/mol. The van der Waals surface area contributed by atoms with Crippen LogP contribution in [0.5, 0.6) is 5.75 Å². The van der Waals surface area contributed by atoms with Crippen LogP contribution < -0.4 is 10.1 Å². The van der Waals surface area contributed by atoms with Crippen molar-refractivity contribution < 1.29 is 23.3 Å². The van der Waals surface area contributed by atoms with Crippen LogP contribution in [0.25, 0.3) is 17.4 Å². The van der Waals surface area contributed by atoms with Gasteiger partial charge in [0, 0.05) is 18.2 Å². The number of amidine groups is 1. The topological polar surface area (TPSA) is 107 Å². The van der Waals surface area contributed by atoms with Gasteiger partial charge >= 0.3 is 0 Å². The number of non-ortho nitro benzene ring substituents is 1. The monoisotopic (exact) mass is 439 g/mol. The minimum absolute atomic E-state index is 0.0977. The molecule has 0 aliphatic carbocycles. The lowest BCUT2D eigenvalue weighted by Gasteiger charge is -2.05. The zero-order valence-electron chi connectivity index (χ0n) is 16.0. The summed E-state index contributed by atoms with van der Waals surface area (Å²) < 4.78 is 24.1. The zero-order chi connectivity index (χ0) is 22.0. The molecule has 1 aromatic heterocycles. The molecule has 0 saturated carbocycles. The van der Waals surface area contributed by atoms with Crippen molar-refractivity contribution in [2.24, 2.45) is 4.99 Å². The van der Waals surface area contributed by atoms with Gasteiger partial charge in [0.05, 0.1) is 28.2 Å². The third kappa shape index (κ3) is 4.48. The molecule has 1 N–H and O–H groups in total. The number of nitro benzene ring substituents is 1. The van der Waals surface area contributed by atoms with E-state index >= 15 is 0 Å². The van der Waals surface area contributed by atoms with E-state index in [4.69, 9.17) is 9.15 Å². The van der Waals surface area contributed by atoms with Gasteiger partial charge in [0.15, 0.2) is 5.17 Å². The van der Waals surface area contributed by atoms with Crippen LogP contribution >= 0.6 is 11.8 Å². The van der Waals surface area contributed by atoms with E-state index in [1.54, 1.807) is 18.2 Å². The lowest BCUT2D eigenvalue weighted by molar-refractivity contribution is -0.384. The van der Waals surface area contributed by atoms with Crippen LogP contribution in [0.15, 0.2) is 68.9 Å². The molecule has 1 aliphatic rings. The fourth-order valence-corrected chi connectivity index (χ4v) is 3.64. The first kappa shape index (κ1) is 20.4. The van der Waals surface area contributed by atoms with Crippen molar-refractivity contribution in [2.75, 3.05) is 7.11 Å². The summed E-state index contributed by atoms with van der Waals surface area (Å²) in [5.41, 5.74) is 0.825. The number of methoxy groups -OCH3 is 1. The molecule has 0 radical (unpaired) electrons. The van der Waals surface area contributed by atoms with Gasteiger partial charge in [0.1, 0.15) is 23.1 Å². The minimum Gasteiger partial charge on any atom is -0.496 e. The molecule has 1 fully saturated rings. The number of nitro groups is 1. The quantitative estimate of drug-likeness (QED) is 0.344. The van der Waals surface area contributed by atoms with Crippen molar-refractivity contribution in [3.63, 3.8) is 0 Å². The summed E-state index contributed by atoms with van der Waals surface area (Å²) >= 11 is 1.11. The number of carbonyl (C=O) groups is 1. The van der Waals surface area contributed by atoms with Gasteiger partial charge in [0.2, 0.25) is 0 Å². The van der Waals surface area contributed by atoms with Gasteiger partial charge in [-0.1, -0.05) is 0 Å². The van der Waals surface area contributed by atoms with Gasteiger partial charge in [0.25, 0.3) is 11.6 Å². The third-order valence-electron chi connectivity index (χ3n) is 4.27. The maximum atomic E-state index is 13.0. The zero-order valence-corrected chi connectivity index (χ0v) is 16.8. The molecular formula is C21H14FN3O5S. The normalized spacial score (nSPS) is 16.0. The Morgan fingerprint density at radius 1 is 1.19 bits per heavy atom. The number of ether oxygens (including phenoxy) is 1. The molecule has 0 atom stereocenters. The predicted molar refractivity (Wildman–Crippen MR) is 115 cm³/mol. The van der Waals surface area contributed by atoms with Gasteiger partial charge in [-0.15, -0.1) is 0 Å². The van der Waals surface area contributed by atoms with Gasteiger partial charge in [-0.3, -0.25) is 14.9 Å². The SMILES string of the molecule is COc1ccc([N+](=O)[O-])cc1-c1ccc(/C=C2/SC(=Nc3ccc(F)cc3)NC2=O)o1. The Balaban J connectivity index is 1.59. The number of nitrogens with one attached hydrogen (secondary N) is 1. The van der Waals surface area contributed by atoms with Crippen LogP contribution in [0.2, 0.25) is 0 Å². The second-order valence-electron chi connectivity index (χ2n) is 6.30. The molecule has 2 aromatic carbocycles. The summed E-state index contributed by atoms with van der Waals surface area (Å²) in [6.45, 7) is 0. The van der Waals surface area contributed by atoms with E-state index in [1.807, 2.05) is 0 Å². The third-order valence-corrected chi connectivity index (χ3v) is 5.18. The summed E-state index contributed by atoms with van der Waals surface area (Å²) in [5.74, 6) is 0.430. The van der Waals surface area contributed by atoms with E-state index < -0.39 is 4.92 Å². The number of hydrogen-bond donors (Lipinski definition) is 1. The maximum Gasteiger partial charge on any atom is 0.270 e. The number of rotatable bonds is 5. The highest BCUT2D eigenvalue weighted by Gasteiger charge is 2.24. The Kier molecular flexibility index (Phi) is 5.54.